The van der Waals surface area contributed by atoms with Gasteiger partial charge in [-0.2, -0.15) is 0 Å². The second kappa shape index (κ2) is 12.5. The Morgan fingerprint density at radius 3 is 2.30 bits per heavy atom. The van der Waals surface area contributed by atoms with Crippen LogP contribution in [-0.2, 0) is 17.8 Å². The van der Waals surface area contributed by atoms with Gasteiger partial charge >= 0.3 is 0 Å². The van der Waals surface area contributed by atoms with Crippen LogP contribution < -0.4 is 0 Å². The quantitative estimate of drug-likeness (QED) is 0.272. The Morgan fingerprint density at radius 2 is 1.63 bits per heavy atom. The summed E-state index contributed by atoms with van der Waals surface area (Å²) in [7, 11) is 0. The van der Waals surface area contributed by atoms with Crippen LogP contribution in [0.25, 0.3) is 6.08 Å². The average molecular weight is 403 g/mol. The second-order valence-electron chi connectivity index (χ2n) is 8.72. The van der Waals surface area contributed by atoms with Crippen molar-refractivity contribution in [3.05, 3.63) is 89.5 Å². The molecule has 2 aromatic carbocycles. The molecule has 3 rings (SSSR count). The minimum absolute atomic E-state index is 0.722. The van der Waals surface area contributed by atoms with Crippen LogP contribution in [0.2, 0.25) is 0 Å². The first-order chi connectivity index (χ1) is 14.8. The van der Waals surface area contributed by atoms with Crippen molar-refractivity contribution < 1.29 is 4.74 Å². The summed E-state index contributed by atoms with van der Waals surface area (Å²) < 4.78 is 5.75. The van der Waals surface area contributed by atoms with Crippen molar-refractivity contribution in [3.8, 4) is 0 Å². The predicted molar refractivity (Wildman–Crippen MR) is 130 cm³/mol. The molecule has 0 saturated heterocycles. The number of aryl methyl sites for hydroxylation is 1. The highest BCUT2D eigenvalue weighted by molar-refractivity contribution is 5.49. The van der Waals surface area contributed by atoms with E-state index in [1.165, 1.54) is 60.8 Å². The highest BCUT2D eigenvalue weighted by atomic mass is 16.5. The zero-order valence-corrected chi connectivity index (χ0v) is 18.7. The van der Waals surface area contributed by atoms with Gasteiger partial charge in [-0.05, 0) is 92.4 Å². The number of ether oxygens (including phenoxy) is 1. The van der Waals surface area contributed by atoms with Crippen molar-refractivity contribution in [1.29, 1.82) is 0 Å². The standard InChI is InChI=1S/C29H38O/c1-3-5-6-22-30-23-27-16-20-29(21-17-27)28-18-14-26(15-19-28)13-12-25-10-8-24(7-4-2)9-11-25/h3-4,7-11,16-17,20-21,26,28H,1,5-6,12-15,18-19,22-23H2,2H3. The Labute approximate surface area is 183 Å². The molecule has 0 aliphatic heterocycles. The summed E-state index contributed by atoms with van der Waals surface area (Å²) in [6, 6.07) is 18.2. The zero-order chi connectivity index (χ0) is 21.0. The smallest absolute Gasteiger partial charge is 0.0716 e. The van der Waals surface area contributed by atoms with Gasteiger partial charge in [0.15, 0.2) is 0 Å². The Balaban J connectivity index is 1.38. The van der Waals surface area contributed by atoms with E-state index in [1.807, 2.05) is 6.08 Å². The second-order valence-corrected chi connectivity index (χ2v) is 8.72. The van der Waals surface area contributed by atoms with Crippen LogP contribution in [0.3, 0.4) is 0 Å². The third-order valence-corrected chi connectivity index (χ3v) is 6.44. The lowest BCUT2D eigenvalue weighted by molar-refractivity contribution is 0.119. The van der Waals surface area contributed by atoms with Crippen molar-refractivity contribution in [2.24, 2.45) is 5.92 Å². The van der Waals surface area contributed by atoms with Gasteiger partial charge in [0.1, 0.15) is 0 Å². The lowest BCUT2D eigenvalue weighted by Crippen LogP contribution is -2.14. The minimum Gasteiger partial charge on any atom is -0.377 e. The first-order valence-corrected chi connectivity index (χ1v) is 11.8. The first kappa shape index (κ1) is 22.6. The van der Waals surface area contributed by atoms with E-state index in [-0.39, 0.29) is 0 Å². The van der Waals surface area contributed by atoms with Gasteiger partial charge < -0.3 is 4.74 Å². The van der Waals surface area contributed by atoms with E-state index in [1.54, 1.807) is 0 Å². The largest absolute Gasteiger partial charge is 0.377 e. The summed E-state index contributed by atoms with van der Waals surface area (Å²) in [4.78, 5) is 0. The summed E-state index contributed by atoms with van der Waals surface area (Å²) in [5.41, 5.74) is 5.58. The fourth-order valence-electron chi connectivity index (χ4n) is 4.55. The fourth-order valence-corrected chi connectivity index (χ4v) is 4.55. The minimum atomic E-state index is 0.722. The van der Waals surface area contributed by atoms with Gasteiger partial charge in [0.25, 0.3) is 0 Å². The molecule has 0 bridgehead atoms. The average Bonchev–Trinajstić information content (AvgIpc) is 2.79. The SMILES string of the molecule is C=CCCCOCc1ccc(C2CCC(CCc3ccc(C=CC)cc3)CC2)cc1. The van der Waals surface area contributed by atoms with Gasteiger partial charge in [-0.3, -0.25) is 0 Å². The molecule has 2 aromatic rings. The Hall–Kier alpha value is -2.12. The van der Waals surface area contributed by atoms with E-state index in [4.69, 9.17) is 4.74 Å². The van der Waals surface area contributed by atoms with Crippen molar-refractivity contribution in [2.45, 2.75) is 70.8 Å². The Morgan fingerprint density at radius 1 is 0.933 bits per heavy atom. The molecule has 1 aliphatic carbocycles. The molecule has 160 valence electrons. The van der Waals surface area contributed by atoms with E-state index in [9.17, 15) is 0 Å². The van der Waals surface area contributed by atoms with Crippen LogP contribution in [0, 0.1) is 5.92 Å². The molecule has 0 spiro atoms. The van der Waals surface area contributed by atoms with Crippen molar-refractivity contribution >= 4 is 6.08 Å². The Bertz CT molecular complexity index is 761. The third-order valence-electron chi connectivity index (χ3n) is 6.44. The third kappa shape index (κ3) is 7.29. The number of benzene rings is 2. The van der Waals surface area contributed by atoms with Crippen LogP contribution in [0.15, 0.2) is 67.3 Å². The maximum Gasteiger partial charge on any atom is 0.0716 e. The van der Waals surface area contributed by atoms with Gasteiger partial charge in [0.2, 0.25) is 0 Å². The highest BCUT2D eigenvalue weighted by Crippen LogP contribution is 2.37. The van der Waals surface area contributed by atoms with E-state index < -0.39 is 0 Å². The fraction of sp³-hybridized carbons (Fsp3) is 0.448. The first-order valence-electron chi connectivity index (χ1n) is 11.8. The molecule has 1 saturated carbocycles. The van der Waals surface area contributed by atoms with Gasteiger partial charge in [-0.15, -0.1) is 6.58 Å². The molecule has 0 aromatic heterocycles. The molecule has 0 atom stereocenters. The Kier molecular flexibility index (Phi) is 9.44. The molecule has 0 amide bonds. The van der Waals surface area contributed by atoms with Gasteiger partial charge in [0, 0.05) is 6.61 Å². The molecule has 1 heteroatoms. The molecule has 0 N–H and O–H groups in total. The molecule has 0 radical (unpaired) electrons. The molecule has 0 heterocycles. The summed E-state index contributed by atoms with van der Waals surface area (Å²) in [6.07, 6.45) is 16.3. The van der Waals surface area contributed by atoms with Crippen LogP contribution in [0.5, 0.6) is 0 Å². The summed E-state index contributed by atoms with van der Waals surface area (Å²) in [5.74, 6) is 1.63. The lowest BCUT2D eigenvalue weighted by Gasteiger charge is -2.29. The highest BCUT2D eigenvalue weighted by Gasteiger charge is 2.22. The van der Waals surface area contributed by atoms with E-state index in [0.717, 1.165) is 37.9 Å². The number of rotatable bonds is 11. The maximum atomic E-state index is 5.75. The lowest BCUT2D eigenvalue weighted by atomic mass is 9.77. The van der Waals surface area contributed by atoms with Crippen LogP contribution in [0.4, 0.5) is 0 Å². The molecule has 1 fully saturated rings. The number of allylic oxidation sites excluding steroid dienone is 2. The van der Waals surface area contributed by atoms with Crippen LogP contribution in [0.1, 0.15) is 80.0 Å². The van der Waals surface area contributed by atoms with Crippen LogP contribution in [-0.4, -0.2) is 6.61 Å². The molecular weight excluding hydrogens is 364 g/mol. The van der Waals surface area contributed by atoms with Crippen LogP contribution >= 0.6 is 0 Å². The monoisotopic (exact) mass is 402 g/mol. The number of hydrogen-bond acceptors (Lipinski definition) is 1. The summed E-state index contributed by atoms with van der Waals surface area (Å²) >= 11 is 0. The van der Waals surface area contributed by atoms with Gasteiger partial charge in [-0.25, -0.2) is 0 Å². The molecule has 0 unspecified atom stereocenters. The van der Waals surface area contributed by atoms with E-state index >= 15 is 0 Å². The van der Waals surface area contributed by atoms with E-state index in [2.05, 4.69) is 74.2 Å². The normalized spacial score (nSPS) is 19.2. The summed E-state index contributed by atoms with van der Waals surface area (Å²) in [5, 5.41) is 0. The molecule has 30 heavy (non-hydrogen) atoms. The van der Waals surface area contributed by atoms with Crippen molar-refractivity contribution in [2.75, 3.05) is 6.61 Å². The topological polar surface area (TPSA) is 9.23 Å². The molecule has 1 nitrogen and oxygen atoms in total. The maximum absolute atomic E-state index is 5.75. The predicted octanol–water partition coefficient (Wildman–Crippen LogP) is 8.11. The van der Waals surface area contributed by atoms with Crippen molar-refractivity contribution in [1.82, 2.24) is 0 Å². The molecule has 1 aliphatic rings. The number of unbranched alkanes of at least 4 members (excludes halogenated alkanes) is 1. The van der Waals surface area contributed by atoms with Gasteiger partial charge in [-0.1, -0.05) is 66.8 Å². The van der Waals surface area contributed by atoms with Gasteiger partial charge in [0.05, 0.1) is 6.61 Å². The van der Waals surface area contributed by atoms with E-state index in [0.29, 0.717) is 0 Å². The van der Waals surface area contributed by atoms with Crippen molar-refractivity contribution in [3.63, 3.8) is 0 Å². The molecular formula is C29H38O. The zero-order valence-electron chi connectivity index (χ0n) is 18.7. The number of hydrogen-bond donors (Lipinski definition) is 0. The summed E-state index contributed by atoms with van der Waals surface area (Å²) in [6.45, 7) is 7.36.